The highest BCUT2D eigenvalue weighted by Gasteiger charge is 2.27. The zero-order valence-corrected chi connectivity index (χ0v) is 17.3. The van der Waals surface area contributed by atoms with E-state index in [1.165, 1.54) is 0 Å². The van der Waals surface area contributed by atoms with E-state index in [-0.39, 0.29) is 12.6 Å². The van der Waals surface area contributed by atoms with Crippen molar-refractivity contribution in [1.82, 2.24) is 10.2 Å². The van der Waals surface area contributed by atoms with Crippen LogP contribution in [0.25, 0.3) is 0 Å². The maximum Gasteiger partial charge on any atom is 0.411 e. The van der Waals surface area contributed by atoms with Crippen LogP contribution in [0.15, 0.2) is 48.5 Å². The van der Waals surface area contributed by atoms with Gasteiger partial charge in [0.1, 0.15) is 12.4 Å². The first kappa shape index (κ1) is 22.7. The molecule has 0 atom stereocenters. The topological polar surface area (TPSA) is 54.0 Å². The Morgan fingerprint density at radius 3 is 2.29 bits per heavy atom. The van der Waals surface area contributed by atoms with Gasteiger partial charge in [0.2, 0.25) is 0 Å². The number of rotatable bonds is 7. The number of hydrogen-bond acceptors (Lipinski definition) is 4. The Bertz CT molecular complexity index is 851. The summed E-state index contributed by atoms with van der Waals surface area (Å²) in [5.74, 6) is 0.813. The van der Waals surface area contributed by atoms with Crippen molar-refractivity contribution in [3.63, 3.8) is 0 Å². The molecule has 1 aliphatic rings. The smallest absolute Gasteiger partial charge is 0.411 e. The van der Waals surface area contributed by atoms with E-state index in [1.807, 2.05) is 24.3 Å². The molecule has 9 heteroatoms. The molecule has 0 aromatic heterocycles. The van der Waals surface area contributed by atoms with E-state index >= 15 is 0 Å². The third kappa shape index (κ3) is 6.78. The van der Waals surface area contributed by atoms with E-state index in [1.54, 1.807) is 36.3 Å². The SMILES string of the molecule is COc1ccccc1N1CCN(C(=O)NCc2ccc(COCC(F)(F)F)cc2)CC1. The maximum absolute atomic E-state index is 12.5. The number of nitrogens with zero attached hydrogens (tertiary/aromatic N) is 2. The molecular formula is C22H26F3N3O3. The summed E-state index contributed by atoms with van der Waals surface area (Å²) < 4.78 is 46.4. The van der Waals surface area contributed by atoms with E-state index in [9.17, 15) is 18.0 Å². The molecule has 31 heavy (non-hydrogen) atoms. The Morgan fingerprint density at radius 2 is 1.65 bits per heavy atom. The Kier molecular flexibility index (Phi) is 7.62. The minimum atomic E-state index is -4.33. The lowest BCUT2D eigenvalue weighted by Crippen LogP contribution is -2.51. The van der Waals surface area contributed by atoms with Crippen molar-refractivity contribution in [2.75, 3.05) is 44.8 Å². The number of hydrogen-bond donors (Lipinski definition) is 1. The van der Waals surface area contributed by atoms with Gasteiger partial charge >= 0.3 is 12.2 Å². The van der Waals surface area contributed by atoms with E-state index in [0.717, 1.165) is 17.0 Å². The lowest BCUT2D eigenvalue weighted by atomic mass is 10.1. The van der Waals surface area contributed by atoms with Crippen LogP contribution in [0.3, 0.4) is 0 Å². The molecule has 0 unspecified atom stereocenters. The second-order valence-corrected chi connectivity index (χ2v) is 7.23. The van der Waals surface area contributed by atoms with Crippen LogP contribution < -0.4 is 15.0 Å². The van der Waals surface area contributed by atoms with Crippen molar-refractivity contribution in [2.45, 2.75) is 19.3 Å². The number of methoxy groups -OCH3 is 1. The summed E-state index contributed by atoms with van der Waals surface area (Å²) in [6.45, 7) is 1.58. The molecule has 3 rings (SSSR count). The molecule has 1 saturated heterocycles. The number of para-hydroxylation sites is 2. The maximum atomic E-state index is 12.5. The van der Waals surface area contributed by atoms with Crippen LogP contribution in [0, 0.1) is 0 Å². The number of piperazine rings is 1. The van der Waals surface area contributed by atoms with Gasteiger partial charge in [-0.15, -0.1) is 0 Å². The van der Waals surface area contributed by atoms with Gasteiger partial charge in [-0.05, 0) is 23.3 Å². The van der Waals surface area contributed by atoms with Crippen molar-refractivity contribution in [3.05, 3.63) is 59.7 Å². The summed E-state index contributed by atoms with van der Waals surface area (Å²) in [5.41, 5.74) is 2.52. The Morgan fingerprint density at radius 1 is 1.00 bits per heavy atom. The highest BCUT2D eigenvalue weighted by Crippen LogP contribution is 2.28. The lowest BCUT2D eigenvalue weighted by Gasteiger charge is -2.36. The van der Waals surface area contributed by atoms with Gasteiger partial charge in [0.05, 0.1) is 19.4 Å². The van der Waals surface area contributed by atoms with Crippen LogP contribution in [0.5, 0.6) is 5.75 Å². The normalized spacial score (nSPS) is 14.5. The minimum Gasteiger partial charge on any atom is -0.495 e. The van der Waals surface area contributed by atoms with Crippen molar-refractivity contribution < 1.29 is 27.4 Å². The van der Waals surface area contributed by atoms with Crippen LogP contribution in [-0.2, 0) is 17.9 Å². The van der Waals surface area contributed by atoms with Gasteiger partial charge in [0, 0.05) is 32.7 Å². The van der Waals surface area contributed by atoms with E-state index in [4.69, 9.17) is 4.74 Å². The fraction of sp³-hybridized carbons (Fsp3) is 0.409. The molecule has 1 fully saturated rings. The first-order valence-electron chi connectivity index (χ1n) is 9.99. The van der Waals surface area contributed by atoms with Crippen LogP contribution in [0.4, 0.5) is 23.7 Å². The van der Waals surface area contributed by atoms with Gasteiger partial charge in [0.15, 0.2) is 0 Å². The number of alkyl halides is 3. The summed E-state index contributed by atoms with van der Waals surface area (Å²) in [4.78, 5) is 16.5. The van der Waals surface area contributed by atoms with Gasteiger partial charge in [0.25, 0.3) is 0 Å². The summed E-state index contributed by atoms with van der Waals surface area (Å²) in [7, 11) is 1.64. The third-order valence-corrected chi connectivity index (χ3v) is 4.99. The molecule has 1 heterocycles. The van der Waals surface area contributed by atoms with Crippen LogP contribution in [-0.4, -0.2) is 57.0 Å². The van der Waals surface area contributed by atoms with Crippen LogP contribution in [0.1, 0.15) is 11.1 Å². The first-order chi connectivity index (χ1) is 14.9. The number of carbonyl (C=O) groups is 1. The summed E-state index contributed by atoms with van der Waals surface area (Å²) in [5, 5.41) is 2.89. The molecular weight excluding hydrogens is 411 g/mol. The molecule has 168 valence electrons. The van der Waals surface area contributed by atoms with Gasteiger partial charge in [-0.2, -0.15) is 13.2 Å². The molecule has 0 radical (unpaired) electrons. The standard InChI is InChI=1S/C22H26F3N3O3/c1-30-20-5-3-2-4-19(20)27-10-12-28(13-11-27)21(29)26-14-17-6-8-18(9-7-17)15-31-16-22(23,24)25/h2-9H,10-16H2,1H3,(H,26,29). The molecule has 6 nitrogen and oxygen atoms in total. The van der Waals surface area contributed by atoms with Gasteiger partial charge in [-0.25, -0.2) is 4.79 Å². The molecule has 1 N–H and O–H groups in total. The number of nitrogens with one attached hydrogen (secondary N) is 1. The van der Waals surface area contributed by atoms with E-state index < -0.39 is 12.8 Å². The zero-order chi connectivity index (χ0) is 22.3. The monoisotopic (exact) mass is 437 g/mol. The third-order valence-electron chi connectivity index (χ3n) is 4.99. The fourth-order valence-electron chi connectivity index (χ4n) is 3.37. The molecule has 1 aliphatic heterocycles. The van der Waals surface area contributed by atoms with E-state index in [2.05, 4.69) is 15.0 Å². The van der Waals surface area contributed by atoms with Gasteiger partial charge in [-0.1, -0.05) is 36.4 Å². The number of halogens is 3. The van der Waals surface area contributed by atoms with Gasteiger partial charge < -0.3 is 24.6 Å². The Balaban J connectivity index is 1.42. The molecule has 0 aliphatic carbocycles. The summed E-state index contributed by atoms with van der Waals surface area (Å²) in [6, 6.07) is 14.6. The van der Waals surface area contributed by atoms with Crippen molar-refractivity contribution >= 4 is 11.7 Å². The van der Waals surface area contributed by atoms with Gasteiger partial charge in [-0.3, -0.25) is 0 Å². The number of benzene rings is 2. The highest BCUT2D eigenvalue weighted by molar-refractivity contribution is 5.74. The second-order valence-electron chi connectivity index (χ2n) is 7.23. The quantitative estimate of drug-likeness (QED) is 0.716. The molecule has 0 bridgehead atoms. The fourth-order valence-corrected chi connectivity index (χ4v) is 3.37. The predicted molar refractivity (Wildman–Crippen MR) is 111 cm³/mol. The molecule has 2 aromatic carbocycles. The highest BCUT2D eigenvalue weighted by atomic mass is 19.4. The molecule has 2 amide bonds. The number of ether oxygens (including phenoxy) is 2. The van der Waals surface area contributed by atoms with E-state index in [0.29, 0.717) is 38.3 Å². The summed E-state index contributed by atoms with van der Waals surface area (Å²) >= 11 is 0. The Labute approximate surface area is 179 Å². The number of amides is 2. The number of carbonyl (C=O) groups excluding carboxylic acids is 1. The zero-order valence-electron chi connectivity index (χ0n) is 17.3. The number of anilines is 1. The average Bonchev–Trinajstić information content (AvgIpc) is 2.77. The van der Waals surface area contributed by atoms with Crippen LogP contribution >= 0.6 is 0 Å². The first-order valence-corrected chi connectivity index (χ1v) is 9.99. The molecule has 0 saturated carbocycles. The second kappa shape index (κ2) is 10.4. The largest absolute Gasteiger partial charge is 0.495 e. The van der Waals surface area contributed by atoms with Crippen LogP contribution in [0.2, 0.25) is 0 Å². The number of urea groups is 1. The van der Waals surface area contributed by atoms with Crippen molar-refractivity contribution in [1.29, 1.82) is 0 Å². The average molecular weight is 437 g/mol. The predicted octanol–water partition coefficient (Wildman–Crippen LogP) is 3.81. The Hall–Kier alpha value is -2.94. The van der Waals surface area contributed by atoms with Crippen molar-refractivity contribution in [3.8, 4) is 5.75 Å². The summed E-state index contributed by atoms with van der Waals surface area (Å²) in [6.07, 6.45) is -4.33. The lowest BCUT2D eigenvalue weighted by molar-refractivity contribution is -0.176. The minimum absolute atomic E-state index is 0.109. The molecule has 0 spiro atoms. The molecule has 2 aromatic rings. The van der Waals surface area contributed by atoms with Crippen molar-refractivity contribution in [2.24, 2.45) is 0 Å².